The predicted octanol–water partition coefficient (Wildman–Crippen LogP) is 3.00. The summed E-state index contributed by atoms with van der Waals surface area (Å²) >= 11 is 0. The van der Waals surface area contributed by atoms with E-state index >= 15 is 0 Å². The van der Waals surface area contributed by atoms with Gasteiger partial charge in [0.25, 0.3) is 0 Å². The van der Waals surface area contributed by atoms with Crippen LogP contribution in [0.25, 0.3) is 0 Å². The molecule has 4 nitrogen and oxygen atoms in total. The summed E-state index contributed by atoms with van der Waals surface area (Å²) in [5.41, 5.74) is 1.26. The van der Waals surface area contributed by atoms with Crippen LogP contribution in [-0.4, -0.2) is 30.3 Å². The predicted molar refractivity (Wildman–Crippen MR) is 72.2 cm³/mol. The summed E-state index contributed by atoms with van der Waals surface area (Å²) in [5, 5.41) is 12.0. The fourth-order valence-corrected chi connectivity index (χ4v) is 1.51. The van der Waals surface area contributed by atoms with Crippen LogP contribution in [0, 0.1) is 0 Å². The maximum absolute atomic E-state index is 10.7. The second kappa shape index (κ2) is 7.71. The Balaban J connectivity index is 2.17. The highest BCUT2D eigenvalue weighted by Gasteiger charge is 2.01. The molecule has 0 unspecified atom stereocenters. The van der Waals surface area contributed by atoms with Crippen molar-refractivity contribution >= 4 is 11.7 Å². The number of carbonyl (C=O) groups is 1. The number of carboxylic acid groups (broad SMARTS) is 1. The first-order valence-electron chi connectivity index (χ1n) is 6.28. The third-order valence-corrected chi connectivity index (χ3v) is 2.48. The van der Waals surface area contributed by atoms with Gasteiger partial charge in [-0.1, -0.05) is 0 Å². The molecule has 18 heavy (non-hydrogen) atoms. The Bertz CT molecular complexity index is 360. The Labute approximate surface area is 108 Å². The highest BCUT2D eigenvalue weighted by atomic mass is 16.5. The van der Waals surface area contributed by atoms with Gasteiger partial charge in [-0.05, 0) is 51.0 Å². The summed E-state index contributed by atoms with van der Waals surface area (Å²) in [6, 6.07) is 6.78. The van der Waals surface area contributed by atoms with Crippen molar-refractivity contribution in [2.75, 3.05) is 18.5 Å². The molecule has 1 aromatic rings. The van der Waals surface area contributed by atoms with Crippen LogP contribution in [0.3, 0.4) is 0 Å². The molecule has 0 aliphatic rings. The molecule has 2 N–H and O–H groups in total. The molecule has 0 heterocycles. The minimum absolute atomic E-state index is 0.293. The summed E-state index contributed by atoms with van der Waals surface area (Å²) in [6.07, 6.45) is 2.35. The van der Waals surface area contributed by atoms with Gasteiger partial charge in [-0.25, -0.2) is 4.79 Å². The van der Waals surface area contributed by atoms with E-state index in [1.165, 1.54) is 0 Å². The van der Waals surface area contributed by atoms with Crippen molar-refractivity contribution in [1.29, 1.82) is 0 Å². The molecule has 0 aliphatic heterocycles. The molecule has 0 spiro atoms. The smallest absolute Gasteiger partial charge is 0.335 e. The van der Waals surface area contributed by atoms with Crippen molar-refractivity contribution in [2.45, 2.75) is 32.8 Å². The van der Waals surface area contributed by atoms with Crippen molar-refractivity contribution in [1.82, 2.24) is 0 Å². The molecule has 0 saturated heterocycles. The van der Waals surface area contributed by atoms with Gasteiger partial charge in [-0.2, -0.15) is 0 Å². The topological polar surface area (TPSA) is 58.6 Å². The fourth-order valence-electron chi connectivity index (χ4n) is 1.51. The Morgan fingerprint density at radius 1 is 1.28 bits per heavy atom. The number of nitrogens with one attached hydrogen (secondary N) is 1. The molecule has 4 heteroatoms. The number of ether oxygens (including phenoxy) is 1. The molecule has 100 valence electrons. The summed E-state index contributed by atoms with van der Waals surface area (Å²) in [4.78, 5) is 10.7. The number of benzene rings is 1. The van der Waals surface area contributed by atoms with Crippen molar-refractivity contribution in [2.24, 2.45) is 0 Å². The highest BCUT2D eigenvalue weighted by Crippen LogP contribution is 2.09. The van der Waals surface area contributed by atoms with Gasteiger partial charge in [-0.15, -0.1) is 0 Å². The van der Waals surface area contributed by atoms with E-state index < -0.39 is 5.97 Å². The lowest BCUT2D eigenvalue weighted by Crippen LogP contribution is -2.07. The standard InChI is InChI=1S/C14H21NO3/c1-11(2)18-10-4-3-9-15-13-7-5-12(6-8-13)14(16)17/h5-8,11,15H,3-4,9-10H2,1-2H3,(H,16,17). The lowest BCUT2D eigenvalue weighted by atomic mass is 10.2. The minimum atomic E-state index is -0.896. The average molecular weight is 251 g/mol. The number of rotatable bonds is 8. The van der Waals surface area contributed by atoms with Gasteiger partial charge < -0.3 is 15.2 Å². The van der Waals surface area contributed by atoms with Crippen LogP contribution < -0.4 is 5.32 Å². The maximum atomic E-state index is 10.7. The Morgan fingerprint density at radius 3 is 2.50 bits per heavy atom. The molecule has 0 saturated carbocycles. The van der Waals surface area contributed by atoms with E-state index in [1.807, 2.05) is 13.8 Å². The van der Waals surface area contributed by atoms with E-state index in [2.05, 4.69) is 5.32 Å². The van der Waals surface area contributed by atoms with Crippen LogP contribution in [0.1, 0.15) is 37.0 Å². The first kappa shape index (κ1) is 14.5. The lowest BCUT2D eigenvalue weighted by molar-refractivity contribution is 0.0696. The second-order valence-corrected chi connectivity index (χ2v) is 4.44. The van der Waals surface area contributed by atoms with Crippen molar-refractivity contribution in [3.05, 3.63) is 29.8 Å². The summed E-state index contributed by atoms with van der Waals surface area (Å²) in [5.74, 6) is -0.896. The summed E-state index contributed by atoms with van der Waals surface area (Å²) < 4.78 is 5.44. The Hall–Kier alpha value is -1.55. The number of aromatic carboxylic acids is 1. The number of unbranched alkanes of at least 4 members (excludes halogenated alkanes) is 1. The Morgan fingerprint density at radius 2 is 1.94 bits per heavy atom. The molecule has 1 aromatic carbocycles. The van der Waals surface area contributed by atoms with Crippen molar-refractivity contribution in [3.63, 3.8) is 0 Å². The molecular weight excluding hydrogens is 230 g/mol. The van der Waals surface area contributed by atoms with Gasteiger partial charge in [0.1, 0.15) is 0 Å². The number of anilines is 1. The van der Waals surface area contributed by atoms with Gasteiger partial charge in [0.15, 0.2) is 0 Å². The molecule has 0 amide bonds. The first-order chi connectivity index (χ1) is 8.59. The van der Waals surface area contributed by atoms with Crippen LogP contribution in [0.15, 0.2) is 24.3 Å². The summed E-state index contributed by atoms with van der Waals surface area (Å²) in [6.45, 7) is 5.72. The molecule has 0 fully saturated rings. The van der Waals surface area contributed by atoms with E-state index in [-0.39, 0.29) is 0 Å². The van der Waals surface area contributed by atoms with Crippen molar-refractivity contribution in [3.8, 4) is 0 Å². The average Bonchev–Trinajstić information content (AvgIpc) is 2.34. The first-order valence-corrected chi connectivity index (χ1v) is 6.28. The fraction of sp³-hybridized carbons (Fsp3) is 0.500. The quantitative estimate of drug-likeness (QED) is 0.697. The zero-order valence-corrected chi connectivity index (χ0v) is 11.0. The molecule has 0 aromatic heterocycles. The van der Waals surface area contributed by atoms with Gasteiger partial charge in [0.05, 0.1) is 11.7 Å². The van der Waals surface area contributed by atoms with Crippen LogP contribution in [0.2, 0.25) is 0 Å². The highest BCUT2D eigenvalue weighted by molar-refractivity contribution is 5.87. The zero-order valence-electron chi connectivity index (χ0n) is 11.0. The van der Waals surface area contributed by atoms with E-state index in [0.29, 0.717) is 11.7 Å². The van der Waals surface area contributed by atoms with Crippen molar-refractivity contribution < 1.29 is 14.6 Å². The molecule has 0 bridgehead atoms. The van der Waals surface area contributed by atoms with Crippen LogP contribution >= 0.6 is 0 Å². The largest absolute Gasteiger partial charge is 0.478 e. The number of carboxylic acids is 1. The van der Waals surface area contributed by atoms with Gasteiger partial charge in [0, 0.05) is 18.8 Å². The normalized spacial score (nSPS) is 10.6. The van der Waals surface area contributed by atoms with E-state index in [0.717, 1.165) is 31.7 Å². The SMILES string of the molecule is CC(C)OCCCCNc1ccc(C(=O)O)cc1. The third-order valence-electron chi connectivity index (χ3n) is 2.48. The minimum Gasteiger partial charge on any atom is -0.478 e. The maximum Gasteiger partial charge on any atom is 0.335 e. The molecule has 0 atom stereocenters. The van der Waals surface area contributed by atoms with E-state index in [9.17, 15) is 4.79 Å². The van der Waals surface area contributed by atoms with Gasteiger partial charge >= 0.3 is 5.97 Å². The van der Waals surface area contributed by atoms with E-state index in [1.54, 1.807) is 24.3 Å². The van der Waals surface area contributed by atoms with Crippen LogP contribution in [-0.2, 0) is 4.74 Å². The van der Waals surface area contributed by atoms with Crippen LogP contribution in [0.5, 0.6) is 0 Å². The summed E-state index contributed by atoms with van der Waals surface area (Å²) in [7, 11) is 0. The number of hydrogen-bond acceptors (Lipinski definition) is 3. The Kier molecular flexibility index (Phi) is 6.22. The van der Waals surface area contributed by atoms with Gasteiger partial charge in [0.2, 0.25) is 0 Å². The molecule has 0 aliphatic carbocycles. The van der Waals surface area contributed by atoms with Gasteiger partial charge in [-0.3, -0.25) is 0 Å². The zero-order chi connectivity index (χ0) is 13.4. The number of hydrogen-bond donors (Lipinski definition) is 2. The molecular formula is C14H21NO3. The lowest BCUT2D eigenvalue weighted by Gasteiger charge is -2.08. The third kappa shape index (κ3) is 5.68. The molecule has 0 radical (unpaired) electrons. The second-order valence-electron chi connectivity index (χ2n) is 4.44. The monoisotopic (exact) mass is 251 g/mol. The van der Waals surface area contributed by atoms with Crippen LogP contribution in [0.4, 0.5) is 5.69 Å². The molecule has 1 rings (SSSR count). The van der Waals surface area contributed by atoms with E-state index in [4.69, 9.17) is 9.84 Å².